The van der Waals surface area contributed by atoms with Gasteiger partial charge in [0.15, 0.2) is 0 Å². The van der Waals surface area contributed by atoms with E-state index in [1.165, 1.54) is 0 Å². The van der Waals surface area contributed by atoms with Crippen molar-refractivity contribution in [3.63, 3.8) is 0 Å². The molecule has 2 aromatic carbocycles. The normalized spacial score (nSPS) is 20.7. The molecule has 1 saturated heterocycles. The highest BCUT2D eigenvalue weighted by atomic mass is 35.5. The Bertz CT molecular complexity index is 1120. The van der Waals surface area contributed by atoms with E-state index in [1.807, 2.05) is 56.6 Å². The lowest BCUT2D eigenvalue weighted by atomic mass is 9.90. The Morgan fingerprint density at radius 1 is 1.17 bits per heavy atom. The van der Waals surface area contributed by atoms with Gasteiger partial charge in [0.05, 0.1) is 17.7 Å². The van der Waals surface area contributed by atoms with Gasteiger partial charge in [-0.3, -0.25) is 4.90 Å². The minimum absolute atomic E-state index is 0.0343. The molecule has 3 aromatic rings. The summed E-state index contributed by atoms with van der Waals surface area (Å²) in [5.74, 6) is 2.35. The zero-order valence-corrected chi connectivity index (χ0v) is 21.1. The number of likely N-dealkylation sites (tertiary alicyclic amines) is 1. The molecule has 1 fully saturated rings. The number of piperidine rings is 1. The predicted molar refractivity (Wildman–Crippen MR) is 136 cm³/mol. The number of ether oxygens (including phenoxy) is 2. The summed E-state index contributed by atoms with van der Waals surface area (Å²) in [5, 5.41) is 22.2. The molecule has 0 aliphatic carbocycles. The number of imidazole rings is 1. The lowest BCUT2D eigenvalue weighted by Gasteiger charge is -2.42. The second-order valence-corrected chi connectivity index (χ2v) is 9.77. The molecule has 2 heterocycles. The van der Waals surface area contributed by atoms with Gasteiger partial charge in [-0.1, -0.05) is 29.8 Å². The summed E-state index contributed by atoms with van der Waals surface area (Å²) in [6.45, 7) is 7.03. The summed E-state index contributed by atoms with van der Waals surface area (Å²) in [6, 6.07) is 13.5. The van der Waals surface area contributed by atoms with Crippen molar-refractivity contribution in [3.05, 3.63) is 76.8 Å². The SMILES string of the molecule is Cc1ccc(Cl)c(OC[C@@]2(O)CN(Cc3cccc(OCCCn4ccnc4C)c3)CC[C@@H]2O)c1. The van der Waals surface area contributed by atoms with Crippen molar-refractivity contribution in [1.82, 2.24) is 14.5 Å². The molecule has 0 radical (unpaired) electrons. The third kappa shape index (κ3) is 6.76. The molecule has 0 unspecified atom stereocenters. The molecule has 8 heteroatoms. The van der Waals surface area contributed by atoms with Crippen molar-refractivity contribution < 1.29 is 19.7 Å². The van der Waals surface area contributed by atoms with E-state index >= 15 is 0 Å². The number of rotatable bonds is 10. The van der Waals surface area contributed by atoms with Crippen LogP contribution < -0.4 is 9.47 Å². The van der Waals surface area contributed by atoms with Crippen molar-refractivity contribution >= 4 is 11.6 Å². The van der Waals surface area contributed by atoms with Gasteiger partial charge >= 0.3 is 0 Å². The zero-order chi connectivity index (χ0) is 24.8. The second-order valence-electron chi connectivity index (χ2n) is 9.36. The van der Waals surface area contributed by atoms with Crippen LogP contribution in [0.2, 0.25) is 5.02 Å². The number of aliphatic hydroxyl groups is 2. The van der Waals surface area contributed by atoms with E-state index in [2.05, 4.69) is 20.5 Å². The summed E-state index contributed by atoms with van der Waals surface area (Å²) >= 11 is 6.23. The van der Waals surface area contributed by atoms with Gasteiger partial charge in [-0.25, -0.2) is 4.98 Å². The van der Waals surface area contributed by atoms with Gasteiger partial charge in [-0.2, -0.15) is 0 Å². The van der Waals surface area contributed by atoms with Crippen LogP contribution in [0, 0.1) is 13.8 Å². The van der Waals surface area contributed by atoms with E-state index in [1.54, 1.807) is 6.07 Å². The smallest absolute Gasteiger partial charge is 0.138 e. The number of aryl methyl sites for hydroxylation is 3. The molecule has 1 aromatic heterocycles. The standard InChI is InChI=1S/C27H34ClN3O4/c1-20-7-8-24(28)25(15-20)35-19-27(33)18-30(12-9-26(27)32)17-22-5-3-6-23(16-22)34-14-4-11-31-13-10-29-21(31)2/h3,5-8,10,13,15-16,26,32-33H,4,9,11-12,14,17-19H2,1-2H3/t26-,27-/m0/s1. The van der Waals surface area contributed by atoms with Gasteiger partial charge in [0.25, 0.3) is 0 Å². The Morgan fingerprint density at radius 3 is 2.83 bits per heavy atom. The Hall–Kier alpha value is -2.58. The number of benzene rings is 2. The zero-order valence-electron chi connectivity index (χ0n) is 20.4. The molecule has 1 aliphatic heterocycles. The van der Waals surface area contributed by atoms with Gasteiger partial charge in [0.2, 0.25) is 0 Å². The molecule has 188 valence electrons. The number of aromatic nitrogens is 2. The molecule has 2 atom stereocenters. The second kappa shape index (κ2) is 11.4. The van der Waals surface area contributed by atoms with Gasteiger partial charge in [-0.15, -0.1) is 0 Å². The van der Waals surface area contributed by atoms with Crippen LogP contribution in [0.3, 0.4) is 0 Å². The molecule has 1 aliphatic rings. The maximum Gasteiger partial charge on any atom is 0.138 e. The first-order valence-electron chi connectivity index (χ1n) is 12.0. The minimum Gasteiger partial charge on any atom is -0.494 e. The Kier molecular flexibility index (Phi) is 8.34. The van der Waals surface area contributed by atoms with Crippen molar-refractivity contribution in [1.29, 1.82) is 0 Å². The number of aliphatic hydroxyl groups excluding tert-OH is 1. The number of halogens is 1. The Morgan fingerprint density at radius 2 is 2.03 bits per heavy atom. The summed E-state index contributed by atoms with van der Waals surface area (Å²) in [4.78, 5) is 6.37. The van der Waals surface area contributed by atoms with Crippen molar-refractivity contribution in [3.8, 4) is 11.5 Å². The maximum absolute atomic E-state index is 11.2. The number of hydrogen-bond donors (Lipinski definition) is 2. The van der Waals surface area contributed by atoms with Gasteiger partial charge in [-0.05, 0) is 62.1 Å². The first kappa shape index (κ1) is 25.5. The monoisotopic (exact) mass is 499 g/mol. The van der Waals surface area contributed by atoms with Crippen molar-refractivity contribution in [2.24, 2.45) is 0 Å². The molecule has 2 N–H and O–H groups in total. The van der Waals surface area contributed by atoms with Crippen LogP contribution >= 0.6 is 11.6 Å². The third-order valence-electron chi connectivity index (χ3n) is 6.44. The molecular formula is C27H34ClN3O4. The van der Waals surface area contributed by atoms with E-state index < -0.39 is 11.7 Å². The van der Waals surface area contributed by atoms with Gasteiger partial charge < -0.3 is 24.3 Å². The maximum atomic E-state index is 11.2. The minimum atomic E-state index is -1.38. The van der Waals surface area contributed by atoms with Crippen LogP contribution in [-0.4, -0.2) is 62.7 Å². The quantitative estimate of drug-likeness (QED) is 0.410. The molecule has 0 spiro atoms. The first-order valence-corrected chi connectivity index (χ1v) is 12.4. The van der Waals surface area contributed by atoms with E-state index in [-0.39, 0.29) is 6.61 Å². The lowest BCUT2D eigenvalue weighted by molar-refractivity contribution is -0.140. The van der Waals surface area contributed by atoms with Gasteiger partial charge in [0.1, 0.15) is 29.5 Å². The topological polar surface area (TPSA) is 80.0 Å². The van der Waals surface area contributed by atoms with Crippen molar-refractivity contribution in [2.45, 2.75) is 51.5 Å². The van der Waals surface area contributed by atoms with E-state index in [9.17, 15) is 10.2 Å². The molecule has 4 rings (SSSR count). The molecule has 35 heavy (non-hydrogen) atoms. The highest BCUT2D eigenvalue weighted by molar-refractivity contribution is 6.32. The fraction of sp³-hybridized carbons (Fsp3) is 0.444. The van der Waals surface area contributed by atoms with Gasteiger partial charge in [0, 0.05) is 38.6 Å². The first-order chi connectivity index (χ1) is 16.8. The summed E-state index contributed by atoms with van der Waals surface area (Å²) in [7, 11) is 0. The molecule has 7 nitrogen and oxygen atoms in total. The van der Waals surface area contributed by atoms with E-state index in [4.69, 9.17) is 21.1 Å². The molecule has 0 amide bonds. The van der Waals surface area contributed by atoms with Crippen LogP contribution in [0.4, 0.5) is 0 Å². The average molecular weight is 500 g/mol. The van der Waals surface area contributed by atoms with E-state index in [0.29, 0.717) is 43.4 Å². The Balaban J connectivity index is 1.30. The van der Waals surface area contributed by atoms with Crippen LogP contribution in [0.15, 0.2) is 54.9 Å². The largest absolute Gasteiger partial charge is 0.494 e. The van der Waals surface area contributed by atoms with Crippen LogP contribution in [-0.2, 0) is 13.1 Å². The number of nitrogens with zero attached hydrogens (tertiary/aromatic N) is 3. The number of hydrogen-bond acceptors (Lipinski definition) is 6. The fourth-order valence-corrected chi connectivity index (χ4v) is 4.57. The van der Waals surface area contributed by atoms with Crippen molar-refractivity contribution in [2.75, 3.05) is 26.3 Å². The molecular weight excluding hydrogens is 466 g/mol. The predicted octanol–water partition coefficient (Wildman–Crippen LogP) is 4.00. The van der Waals surface area contributed by atoms with Crippen LogP contribution in [0.5, 0.6) is 11.5 Å². The summed E-state index contributed by atoms with van der Waals surface area (Å²) in [6.07, 6.45) is 4.28. The lowest BCUT2D eigenvalue weighted by Crippen LogP contribution is -2.59. The molecule has 0 saturated carbocycles. The highest BCUT2D eigenvalue weighted by Crippen LogP contribution is 2.29. The summed E-state index contributed by atoms with van der Waals surface area (Å²) < 4.78 is 13.9. The fourth-order valence-electron chi connectivity index (χ4n) is 4.40. The highest BCUT2D eigenvalue weighted by Gasteiger charge is 2.42. The number of β-amino-alcohol motifs (C(OH)–C–C–N with tert-alkyl or cyclic N) is 1. The molecule has 0 bridgehead atoms. The van der Waals surface area contributed by atoms with E-state index in [0.717, 1.165) is 35.7 Å². The third-order valence-corrected chi connectivity index (χ3v) is 6.75. The van der Waals surface area contributed by atoms with Crippen LogP contribution in [0.1, 0.15) is 29.8 Å². The van der Waals surface area contributed by atoms with Crippen LogP contribution in [0.25, 0.3) is 0 Å². The average Bonchev–Trinajstić information content (AvgIpc) is 3.25. The Labute approximate surface area is 211 Å². The summed E-state index contributed by atoms with van der Waals surface area (Å²) in [5.41, 5.74) is 0.723.